The van der Waals surface area contributed by atoms with Gasteiger partial charge in [0, 0.05) is 124 Å². The van der Waals surface area contributed by atoms with Gasteiger partial charge >= 0.3 is 12.4 Å². The van der Waals surface area contributed by atoms with Crippen molar-refractivity contribution in [3.63, 3.8) is 0 Å². The fraction of sp³-hybridized carbons (Fsp3) is 0.268. The molecule has 0 spiro atoms. The fourth-order valence-corrected chi connectivity index (χ4v) is 8.22. The van der Waals surface area contributed by atoms with Crippen molar-refractivity contribution < 1.29 is 31.1 Å². The molecule has 394 valence electrons. The average molecular weight is 1040 g/mol. The summed E-state index contributed by atoms with van der Waals surface area (Å²) < 4.78 is 82.8. The summed E-state index contributed by atoms with van der Waals surface area (Å²) in [6.07, 6.45) is 5.64. The van der Waals surface area contributed by atoms with Gasteiger partial charge in [0.25, 0.3) is 5.91 Å². The van der Waals surface area contributed by atoms with E-state index in [1.165, 1.54) is 42.9 Å². The number of hydrogen-bond acceptors (Lipinski definition) is 11. The molecule has 0 radical (unpaired) electrons. The number of aromatic amines is 2. The summed E-state index contributed by atoms with van der Waals surface area (Å²) in [4.78, 5) is 39.7. The van der Waals surface area contributed by atoms with Crippen LogP contribution in [0.1, 0.15) is 68.7 Å². The van der Waals surface area contributed by atoms with Gasteiger partial charge < -0.3 is 37.4 Å². The third-order valence-corrected chi connectivity index (χ3v) is 12.0. The van der Waals surface area contributed by atoms with Crippen LogP contribution < -0.4 is 27.4 Å². The number of H-pyrrole nitrogens is 2. The number of fused-ring (bicyclic) bond motifs is 2. The zero-order valence-corrected chi connectivity index (χ0v) is 41.8. The molecule has 0 unspecified atom stereocenters. The second-order valence-electron chi connectivity index (χ2n) is 17.2. The van der Waals surface area contributed by atoms with E-state index in [2.05, 4.69) is 69.5 Å². The summed E-state index contributed by atoms with van der Waals surface area (Å²) >= 11 is 0. The van der Waals surface area contributed by atoms with Crippen molar-refractivity contribution in [3.8, 4) is 23.7 Å². The lowest BCUT2D eigenvalue weighted by Gasteiger charge is -2.28. The first-order valence-electron chi connectivity index (χ1n) is 24.5. The molecule has 9 N–H and O–H groups in total. The quantitative estimate of drug-likeness (QED) is 0.0302. The molecule has 2 saturated heterocycles. The molecule has 0 aliphatic carbocycles. The Morgan fingerprint density at radius 2 is 1.46 bits per heavy atom. The number of amides is 1. The van der Waals surface area contributed by atoms with Crippen molar-refractivity contribution in [2.45, 2.75) is 45.8 Å². The van der Waals surface area contributed by atoms with Crippen molar-refractivity contribution in [2.75, 3.05) is 63.4 Å². The van der Waals surface area contributed by atoms with Crippen molar-refractivity contribution in [3.05, 3.63) is 172 Å². The highest BCUT2D eigenvalue weighted by molar-refractivity contribution is 6.04. The van der Waals surface area contributed by atoms with Crippen LogP contribution in [0.4, 0.5) is 38.0 Å². The zero-order chi connectivity index (χ0) is 54.1. The Kier molecular flexibility index (Phi) is 19.2. The molecule has 0 saturated carbocycles. The molecule has 7 aromatic rings. The minimum Gasteiger partial charge on any atom is -0.405 e. The molecule has 9 rings (SSSR count). The number of nitrogens with zero attached hydrogens (tertiary/aromatic N) is 6. The number of hydrogen-bond donors (Lipinski definition) is 7. The first-order chi connectivity index (χ1) is 36.7. The van der Waals surface area contributed by atoms with Crippen LogP contribution in [0.25, 0.3) is 21.9 Å². The number of benzene rings is 2. The largest absolute Gasteiger partial charge is 0.416 e. The lowest BCUT2D eigenvalue weighted by Crippen LogP contribution is -2.43. The summed E-state index contributed by atoms with van der Waals surface area (Å²) in [6.45, 7) is 10.4. The van der Waals surface area contributed by atoms with Crippen LogP contribution in [-0.4, -0.2) is 99.2 Å². The molecule has 76 heavy (non-hydrogen) atoms. The maximum Gasteiger partial charge on any atom is 0.416 e. The van der Waals surface area contributed by atoms with Crippen molar-refractivity contribution >= 4 is 45.7 Å². The predicted octanol–water partition coefficient (Wildman–Crippen LogP) is 8.65. The van der Waals surface area contributed by atoms with Gasteiger partial charge in [-0.1, -0.05) is 55.7 Å². The molecule has 14 nitrogen and oxygen atoms in total. The molecule has 1 amide bonds. The van der Waals surface area contributed by atoms with Crippen molar-refractivity contribution in [1.29, 1.82) is 0 Å². The van der Waals surface area contributed by atoms with Crippen molar-refractivity contribution in [1.82, 2.24) is 45.4 Å². The van der Waals surface area contributed by atoms with Gasteiger partial charge in [0.2, 0.25) is 0 Å². The van der Waals surface area contributed by atoms with E-state index < -0.39 is 29.4 Å². The van der Waals surface area contributed by atoms with Crippen LogP contribution in [0, 0.1) is 23.7 Å². The monoisotopic (exact) mass is 1040 g/mol. The zero-order valence-electron chi connectivity index (χ0n) is 41.8. The summed E-state index contributed by atoms with van der Waals surface area (Å²) in [5.74, 6) is 11.8. The van der Waals surface area contributed by atoms with Gasteiger partial charge in [0.05, 0.1) is 40.5 Å². The van der Waals surface area contributed by atoms with Gasteiger partial charge in [-0.25, -0.2) is 9.97 Å². The molecule has 20 heteroatoms. The second-order valence-corrected chi connectivity index (χ2v) is 17.2. The standard InChI is InChI=1S/C27H24F3N7O.C27H27F3N6.C2H6/c28-27(29,30)22-15-20(3-4-21(22)16-37-11-9-32-10-12-37)26(38)35-23-13-17(5-7-33-23)1-2-18-14-19-6-8-34-25(19)36-24(18)31;28-27(29,30)25-15-21(2-4-23(25)19-36-13-11-32-12-14-36)16-33-9-6-20(5-8-31)1-3-22-17-34-18-26-24(22)7-10-35-26;1-2/h3-8,13-15,32H,9-12,16H2,(H3,31,34,36)(H,33,35,38);2,4-10,15,17-18,32,35H,11-14,16,19,31H2;1-2H3/b;8-5+,20-6-,33-9?;. The summed E-state index contributed by atoms with van der Waals surface area (Å²) in [5, 5.41) is 10.8. The Balaban J connectivity index is 0.000000215. The Morgan fingerprint density at radius 3 is 2.14 bits per heavy atom. The number of nitrogens with one attached hydrogen (secondary N) is 5. The van der Waals surface area contributed by atoms with Crippen LogP contribution in [0.3, 0.4) is 0 Å². The van der Waals surface area contributed by atoms with Crippen molar-refractivity contribution in [2.24, 2.45) is 10.7 Å². The molecule has 7 heterocycles. The van der Waals surface area contributed by atoms with Crippen LogP contribution in [0.5, 0.6) is 0 Å². The number of nitrogen functional groups attached to an aromatic ring is 1. The lowest BCUT2D eigenvalue weighted by molar-refractivity contribution is -0.139. The van der Waals surface area contributed by atoms with Crippen LogP contribution in [0.2, 0.25) is 0 Å². The van der Waals surface area contributed by atoms with E-state index in [9.17, 15) is 31.1 Å². The van der Waals surface area contributed by atoms with E-state index in [1.807, 2.05) is 48.0 Å². The van der Waals surface area contributed by atoms with Gasteiger partial charge in [-0.2, -0.15) is 26.3 Å². The minimum atomic E-state index is -4.59. The predicted molar refractivity (Wildman–Crippen MR) is 286 cm³/mol. The maximum atomic E-state index is 13.8. The number of pyridine rings is 3. The van der Waals surface area contributed by atoms with Gasteiger partial charge in [-0.15, -0.1) is 0 Å². The van der Waals surface area contributed by atoms with Gasteiger partial charge in [0.15, 0.2) is 0 Å². The normalized spacial score (nSPS) is 14.6. The SMILES string of the molecule is CC.N/C=C/C(C#Cc1cncc2[nH]ccc12)=C\C=NCc1ccc(CN2CCNCC2)c(C(F)(F)F)c1.Nc1nc2[nH]ccc2cc1C#Cc1ccnc(NC(=O)c2ccc(CN3CCNCC3)c(C(F)(F)F)c2)c1. The highest BCUT2D eigenvalue weighted by Crippen LogP contribution is 2.35. The minimum absolute atomic E-state index is 0.113. The van der Waals surface area contributed by atoms with E-state index in [-0.39, 0.29) is 48.0 Å². The lowest BCUT2D eigenvalue weighted by atomic mass is 10.0. The molecule has 0 bridgehead atoms. The molecular formula is C56H57F6N13O. The molecular weight excluding hydrogens is 985 g/mol. The third kappa shape index (κ3) is 15.4. The fourth-order valence-electron chi connectivity index (χ4n) is 8.22. The van der Waals surface area contributed by atoms with Crippen LogP contribution >= 0.6 is 0 Å². The van der Waals surface area contributed by atoms with Crippen LogP contribution in [-0.2, 0) is 32.0 Å². The first kappa shape index (κ1) is 55.5. The summed E-state index contributed by atoms with van der Waals surface area (Å²) in [6, 6.07) is 16.9. The Labute approximate surface area is 436 Å². The average Bonchev–Trinajstić information content (AvgIpc) is 4.10. The number of aromatic nitrogens is 5. The number of halogens is 6. The van der Waals surface area contributed by atoms with Gasteiger partial charge in [-0.3, -0.25) is 24.6 Å². The van der Waals surface area contributed by atoms with E-state index in [0.29, 0.717) is 41.0 Å². The molecule has 5 aromatic heterocycles. The number of carbonyl (C=O) groups is 1. The Morgan fingerprint density at radius 1 is 0.789 bits per heavy atom. The Bertz CT molecular complexity index is 3320. The molecule has 2 fully saturated rings. The second kappa shape index (κ2) is 26.3. The number of piperazine rings is 2. The number of anilines is 2. The molecule has 2 aromatic carbocycles. The number of carbonyl (C=O) groups excluding carboxylic acids is 1. The topological polar surface area (TPSA) is 194 Å². The summed E-state index contributed by atoms with van der Waals surface area (Å²) in [7, 11) is 0. The van der Waals surface area contributed by atoms with E-state index in [1.54, 1.807) is 48.9 Å². The Hall–Kier alpha value is -8.27. The van der Waals surface area contributed by atoms with E-state index in [4.69, 9.17) is 11.5 Å². The number of aliphatic imine (C=N–C) groups is 1. The number of alkyl halides is 6. The first-order valence-corrected chi connectivity index (χ1v) is 24.5. The van der Waals surface area contributed by atoms with Crippen LogP contribution in [0.15, 0.2) is 127 Å². The third-order valence-electron chi connectivity index (χ3n) is 12.0. The summed E-state index contributed by atoms with van der Waals surface area (Å²) in [5.41, 5.74) is 14.9. The number of rotatable bonds is 10. The van der Waals surface area contributed by atoms with E-state index >= 15 is 0 Å². The van der Waals surface area contributed by atoms with Gasteiger partial charge in [0.1, 0.15) is 17.3 Å². The van der Waals surface area contributed by atoms with Gasteiger partial charge in [-0.05, 0) is 83.6 Å². The number of nitrogens with two attached hydrogens (primary N) is 2. The highest BCUT2D eigenvalue weighted by atomic mass is 19.4. The number of allylic oxidation sites excluding steroid dienone is 3. The smallest absolute Gasteiger partial charge is 0.405 e. The molecule has 0 atom stereocenters. The maximum absolute atomic E-state index is 13.8. The molecule has 2 aliphatic rings. The molecule has 2 aliphatic heterocycles. The van der Waals surface area contributed by atoms with E-state index in [0.717, 1.165) is 67.2 Å². The highest BCUT2D eigenvalue weighted by Gasteiger charge is 2.35.